The van der Waals surface area contributed by atoms with Crippen LogP contribution in [0.3, 0.4) is 0 Å². The molecule has 0 aromatic heterocycles. The van der Waals surface area contributed by atoms with Gasteiger partial charge in [-0.25, -0.2) is 0 Å². The number of amides is 2. The molecule has 2 amide bonds. The van der Waals surface area contributed by atoms with E-state index in [1.165, 1.54) is 0 Å². The maximum atomic E-state index is 11.9. The van der Waals surface area contributed by atoms with Gasteiger partial charge in [-0.1, -0.05) is 0 Å². The fourth-order valence-electron chi connectivity index (χ4n) is 2.37. The van der Waals surface area contributed by atoms with Crippen molar-refractivity contribution in [3.05, 3.63) is 0 Å². The summed E-state index contributed by atoms with van der Waals surface area (Å²) in [5, 5.41) is 3.09. The van der Waals surface area contributed by atoms with Crippen LogP contribution in [0.2, 0.25) is 0 Å². The number of piperazine rings is 1. The summed E-state index contributed by atoms with van der Waals surface area (Å²) >= 11 is 0. The van der Waals surface area contributed by atoms with Crippen molar-refractivity contribution in [1.82, 2.24) is 15.1 Å². The lowest BCUT2D eigenvalue weighted by atomic mass is 10.0. The van der Waals surface area contributed by atoms with Crippen molar-refractivity contribution in [3.63, 3.8) is 0 Å². The lowest BCUT2D eigenvalue weighted by Gasteiger charge is -2.38. The van der Waals surface area contributed by atoms with E-state index in [9.17, 15) is 9.59 Å². The Hall–Kier alpha value is -0.810. The van der Waals surface area contributed by atoms with E-state index in [1.807, 2.05) is 4.90 Å². The largest absolute Gasteiger partial charge is 0.336 e. The zero-order valence-electron chi connectivity index (χ0n) is 9.72. The highest BCUT2D eigenvalue weighted by atomic mass is 35.5. The van der Waals surface area contributed by atoms with Gasteiger partial charge in [-0.15, -0.1) is 12.4 Å². The topological polar surface area (TPSA) is 52.7 Å². The fraction of sp³-hybridized carbons (Fsp3) is 0.818. The van der Waals surface area contributed by atoms with Crippen molar-refractivity contribution in [2.75, 3.05) is 32.7 Å². The first-order valence-electron chi connectivity index (χ1n) is 6.04. The second-order valence-corrected chi connectivity index (χ2v) is 4.93. The quantitative estimate of drug-likeness (QED) is 0.725. The molecule has 6 heteroatoms. The predicted molar refractivity (Wildman–Crippen MR) is 64.9 cm³/mol. The van der Waals surface area contributed by atoms with Gasteiger partial charge in [-0.3, -0.25) is 9.59 Å². The van der Waals surface area contributed by atoms with Gasteiger partial charge in [0.05, 0.1) is 12.5 Å². The molecule has 2 heterocycles. The van der Waals surface area contributed by atoms with Gasteiger partial charge in [0.25, 0.3) is 0 Å². The Morgan fingerprint density at radius 1 is 1.24 bits per heavy atom. The number of carbonyl (C=O) groups is 2. The molecule has 0 radical (unpaired) electrons. The summed E-state index contributed by atoms with van der Waals surface area (Å²) in [6, 6.07) is 0.482. The average molecular weight is 260 g/mol. The fourth-order valence-corrected chi connectivity index (χ4v) is 2.37. The van der Waals surface area contributed by atoms with Crippen LogP contribution >= 0.6 is 12.4 Å². The highest BCUT2D eigenvalue weighted by Gasteiger charge is 2.38. The van der Waals surface area contributed by atoms with Crippen molar-refractivity contribution < 1.29 is 9.59 Å². The van der Waals surface area contributed by atoms with Crippen molar-refractivity contribution in [2.45, 2.75) is 18.9 Å². The first-order chi connectivity index (χ1) is 7.75. The van der Waals surface area contributed by atoms with Crippen LogP contribution in [0.1, 0.15) is 12.8 Å². The molecule has 1 saturated carbocycles. The molecule has 1 N–H and O–H groups in total. The predicted octanol–water partition coefficient (Wildman–Crippen LogP) is -0.539. The molecule has 3 fully saturated rings. The maximum absolute atomic E-state index is 11.9. The summed E-state index contributed by atoms with van der Waals surface area (Å²) in [5.74, 6) is 0.400. The Morgan fingerprint density at radius 2 is 1.94 bits per heavy atom. The third kappa shape index (κ3) is 2.40. The van der Waals surface area contributed by atoms with Gasteiger partial charge in [0, 0.05) is 32.2 Å². The van der Waals surface area contributed by atoms with Crippen LogP contribution in [0, 0.1) is 5.92 Å². The van der Waals surface area contributed by atoms with E-state index in [-0.39, 0.29) is 30.1 Å². The van der Waals surface area contributed by atoms with Crippen LogP contribution in [0.5, 0.6) is 0 Å². The lowest BCUT2D eigenvalue weighted by Crippen LogP contribution is -2.58. The lowest BCUT2D eigenvalue weighted by molar-refractivity contribution is -0.148. The van der Waals surface area contributed by atoms with Crippen LogP contribution in [-0.2, 0) is 9.59 Å². The summed E-state index contributed by atoms with van der Waals surface area (Å²) in [6.45, 7) is 3.30. The molecular formula is C11H18ClN3O2. The van der Waals surface area contributed by atoms with E-state index < -0.39 is 0 Å². The molecule has 2 saturated heterocycles. The van der Waals surface area contributed by atoms with Gasteiger partial charge in [0.1, 0.15) is 0 Å². The highest BCUT2D eigenvalue weighted by Crippen LogP contribution is 2.28. The molecule has 0 atom stereocenters. The Bertz CT molecular complexity index is 329. The molecule has 96 valence electrons. The molecule has 0 aromatic rings. The monoisotopic (exact) mass is 259 g/mol. The summed E-state index contributed by atoms with van der Waals surface area (Å²) in [7, 11) is 0. The minimum absolute atomic E-state index is 0. The molecule has 0 bridgehead atoms. The molecule has 0 unspecified atom stereocenters. The summed E-state index contributed by atoms with van der Waals surface area (Å²) in [6.07, 6.45) is 2.29. The van der Waals surface area contributed by atoms with Crippen molar-refractivity contribution in [3.8, 4) is 0 Å². The molecule has 5 nitrogen and oxygen atoms in total. The highest BCUT2D eigenvalue weighted by molar-refractivity contribution is 5.88. The van der Waals surface area contributed by atoms with E-state index in [2.05, 4.69) is 5.32 Å². The van der Waals surface area contributed by atoms with Crippen molar-refractivity contribution >= 4 is 24.2 Å². The number of rotatable bonds is 2. The normalized spacial score (nSPS) is 25.3. The number of nitrogens with one attached hydrogen (secondary N) is 1. The van der Waals surface area contributed by atoms with Gasteiger partial charge in [0.2, 0.25) is 11.8 Å². The first kappa shape index (κ1) is 12.6. The second kappa shape index (κ2) is 4.82. The van der Waals surface area contributed by atoms with E-state index in [0.717, 1.165) is 39.0 Å². The minimum Gasteiger partial charge on any atom is -0.336 e. The summed E-state index contributed by atoms with van der Waals surface area (Å²) in [5.41, 5.74) is 0. The maximum Gasteiger partial charge on any atom is 0.242 e. The zero-order valence-corrected chi connectivity index (χ0v) is 10.5. The van der Waals surface area contributed by atoms with Crippen molar-refractivity contribution in [1.29, 1.82) is 0 Å². The average Bonchev–Trinajstić information content (AvgIpc) is 2.98. The van der Waals surface area contributed by atoms with Gasteiger partial charge < -0.3 is 15.1 Å². The van der Waals surface area contributed by atoms with Crippen LogP contribution < -0.4 is 5.32 Å². The van der Waals surface area contributed by atoms with Gasteiger partial charge >= 0.3 is 0 Å². The van der Waals surface area contributed by atoms with Crippen LogP contribution in [0.4, 0.5) is 0 Å². The van der Waals surface area contributed by atoms with E-state index in [4.69, 9.17) is 0 Å². The third-order valence-electron chi connectivity index (χ3n) is 3.69. The Balaban J connectivity index is 0.00000108. The van der Waals surface area contributed by atoms with Crippen molar-refractivity contribution in [2.24, 2.45) is 5.92 Å². The summed E-state index contributed by atoms with van der Waals surface area (Å²) < 4.78 is 0. The SMILES string of the molecule is Cl.O=C(C1CNC1)N1CCN(C2CC2)C(=O)C1. The Morgan fingerprint density at radius 3 is 2.41 bits per heavy atom. The number of carbonyl (C=O) groups excluding carboxylic acids is 2. The molecule has 0 aromatic carbocycles. The van der Waals surface area contributed by atoms with E-state index in [1.54, 1.807) is 4.90 Å². The molecule has 1 aliphatic carbocycles. The number of nitrogens with zero attached hydrogens (tertiary/aromatic N) is 2. The molecule has 17 heavy (non-hydrogen) atoms. The van der Waals surface area contributed by atoms with E-state index >= 15 is 0 Å². The Kier molecular flexibility index (Phi) is 3.58. The molecule has 2 aliphatic heterocycles. The van der Waals surface area contributed by atoms with Crippen LogP contribution in [0.15, 0.2) is 0 Å². The minimum atomic E-state index is 0. The zero-order chi connectivity index (χ0) is 11.1. The van der Waals surface area contributed by atoms with E-state index in [0.29, 0.717) is 12.6 Å². The molecule has 3 rings (SSSR count). The van der Waals surface area contributed by atoms with Crippen LogP contribution in [-0.4, -0.2) is 60.4 Å². The molecule has 0 spiro atoms. The third-order valence-corrected chi connectivity index (χ3v) is 3.69. The van der Waals surface area contributed by atoms with Gasteiger partial charge in [-0.2, -0.15) is 0 Å². The summed E-state index contributed by atoms with van der Waals surface area (Å²) in [4.78, 5) is 27.4. The number of hydrogen-bond acceptors (Lipinski definition) is 3. The molecular weight excluding hydrogens is 242 g/mol. The second-order valence-electron chi connectivity index (χ2n) is 4.93. The number of halogens is 1. The number of hydrogen-bond donors (Lipinski definition) is 1. The van der Waals surface area contributed by atoms with Gasteiger partial charge in [0.15, 0.2) is 0 Å². The first-order valence-corrected chi connectivity index (χ1v) is 6.04. The van der Waals surface area contributed by atoms with Gasteiger partial charge in [-0.05, 0) is 12.8 Å². The Labute approximate surface area is 107 Å². The van der Waals surface area contributed by atoms with Crippen LogP contribution in [0.25, 0.3) is 0 Å². The smallest absolute Gasteiger partial charge is 0.242 e. The standard InChI is InChI=1S/C11H17N3O2.ClH/c15-10-7-13(11(16)8-5-12-6-8)3-4-14(10)9-1-2-9;/h8-9,12H,1-7H2;1H. The molecule has 3 aliphatic rings.